The average Bonchev–Trinajstić information content (AvgIpc) is 2.49. The third-order valence-electron chi connectivity index (χ3n) is 2.84. The van der Waals surface area contributed by atoms with Gasteiger partial charge >= 0.3 is 5.97 Å². The SMILES string of the molecule is C=C(C)C(=O)C(C)(C)C(=O)C1=CC(C)(C)O[13C]1=O. The molecule has 0 N–H and O–H groups in total. The predicted octanol–water partition coefficient (Wildman–Crippen LogP) is 1.99. The molecule has 1 heterocycles. The third-order valence-corrected chi connectivity index (χ3v) is 2.84. The standard InChI is InChI=1S/C14H18O4/c1-8(2)10(15)14(5,6)11(16)9-7-13(3,4)18-12(9)17/h7H,1H2,2-6H3/i12+1. The minimum Gasteiger partial charge on any atom is -0.452 e. The first kappa shape index (κ1) is 14.4. The number of carbonyl (C=O) groups is 3. The molecule has 0 radical (unpaired) electrons. The smallest absolute Gasteiger partial charge is 0.342 e. The molecule has 0 atom stereocenters. The quantitative estimate of drug-likeness (QED) is 0.252. The van der Waals surface area contributed by atoms with Crippen molar-refractivity contribution in [2.75, 3.05) is 0 Å². The van der Waals surface area contributed by atoms with Crippen LogP contribution in [0.15, 0.2) is 23.8 Å². The number of carbonyl (C=O) groups excluding carboxylic acids is 3. The molecule has 0 aliphatic carbocycles. The van der Waals surface area contributed by atoms with Crippen LogP contribution in [0.4, 0.5) is 0 Å². The van der Waals surface area contributed by atoms with Crippen molar-refractivity contribution in [1.82, 2.24) is 0 Å². The van der Waals surface area contributed by atoms with Crippen molar-refractivity contribution in [3.8, 4) is 0 Å². The fourth-order valence-electron chi connectivity index (χ4n) is 1.86. The highest BCUT2D eigenvalue weighted by Crippen LogP contribution is 2.31. The number of cyclic esters (lactones) is 1. The number of esters is 1. The molecule has 0 bridgehead atoms. The van der Waals surface area contributed by atoms with Crippen LogP contribution in [0.2, 0.25) is 0 Å². The summed E-state index contributed by atoms with van der Waals surface area (Å²) in [5.41, 5.74) is -1.86. The van der Waals surface area contributed by atoms with Gasteiger partial charge in [0.05, 0.1) is 5.41 Å². The van der Waals surface area contributed by atoms with Gasteiger partial charge in [0.25, 0.3) is 0 Å². The highest BCUT2D eigenvalue weighted by atomic mass is 16.6. The zero-order valence-electron chi connectivity index (χ0n) is 11.4. The van der Waals surface area contributed by atoms with Crippen molar-refractivity contribution in [3.63, 3.8) is 0 Å². The Morgan fingerprint density at radius 2 is 1.83 bits per heavy atom. The molecular formula is C14H18O4. The van der Waals surface area contributed by atoms with Gasteiger partial charge in [-0.2, -0.15) is 0 Å². The van der Waals surface area contributed by atoms with E-state index >= 15 is 0 Å². The monoisotopic (exact) mass is 251 g/mol. The maximum Gasteiger partial charge on any atom is 0.342 e. The molecule has 18 heavy (non-hydrogen) atoms. The lowest BCUT2D eigenvalue weighted by atomic mass is 9.79. The van der Waals surface area contributed by atoms with Gasteiger partial charge in [0, 0.05) is 0 Å². The van der Waals surface area contributed by atoms with Crippen LogP contribution in [0.5, 0.6) is 0 Å². The average molecular weight is 251 g/mol. The normalized spacial score (nSPS) is 18.1. The maximum absolute atomic E-state index is 12.3. The molecule has 1 aliphatic heterocycles. The van der Waals surface area contributed by atoms with Crippen LogP contribution in [0.3, 0.4) is 0 Å². The lowest BCUT2D eigenvalue weighted by molar-refractivity contribution is -0.146. The molecule has 1 rings (SSSR count). The van der Waals surface area contributed by atoms with Gasteiger partial charge in [-0.3, -0.25) is 9.59 Å². The Morgan fingerprint density at radius 3 is 2.17 bits per heavy atom. The molecule has 0 unspecified atom stereocenters. The van der Waals surface area contributed by atoms with Crippen LogP contribution in [0.25, 0.3) is 0 Å². The number of ether oxygens (including phenoxy) is 1. The van der Waals surface area contributed by atoms with E-state index in [0.717, 1.165) is 0 Å². The zero-order valence-corrected chi connectivity index (χ0v) is 11.4. The summed E-state index contributed by atoms with van der Waals surface area (Å²) in [7, 11) is 0. The third kappa shape index (κ3) is 2.42. The van der Waals surface area contributed by atoms with Crippen LogP contribution in [0.1, 0.15) is 34.6 Å². The number of Topliss-reactive ketones (excluding diaryl/α,β-unsaturated/α-hetero) is 2. The summed E-state index contributed by atoms with van der Waals surface area (Å²) in [4.78, 5) is 35.8. The van der Waals surface area contributed by atoms with Crippen molar-refractivity contribution < 1.29 is 19.1 Å². The highest BCUT2D eigenvalue weighted by molar-refractivity contribution is 6.28. The van der Waals surface area contributed by atoms with Crippen LogP contribution >= 0.6 is 0 Å². The molecule has 0 aromatic carbocycles. The van der Waals surface area contributed by atoms with Crippen molar-refractivity contribution >= 4 is 17.5 Å². The van der Waals surface area contributed by atoms with E-state index < -0.39 is 22.8 Å². The minimum atomic E-state index is -1.29. The second kappa shape index (κ2) is 4.19. The topological polar surface area (TPSA) is 60.4 Å². The molecule has 0 saturated carbocycles. The summed E-state index contributed by atoms with van der Waals surface area (Å²) >= 11 is 0. The molecule has 1 aliphatic rings. The predicted molar refractivity (Wildman–Crippen MR) is 66.9 cm³/mol. The van der Waals surface area contributed by atoms with E-state index in [1.54, 1.807) is 20.8 Å². The minimum absolute atomic E-state index is 0.0559. The van der Waals surface area contributed by atoms with Gasteiger partial charge in [-0.25, -0.2) is 4.79 Å². The summed E-state index contributed by atoms with van der Waals surface area (Å²) in [6.07, 6.45) is 1.46. The van der Waals surface area contributed by atoms with Crippen LogP contribution in [0, 0.1) is 5.41 Å². The van der Waals surface area contributed by atoms with E-state index in [9.17, 15) is 14.4 Å². The van der Waals surface area contributed by atoms with Crippen LogP contribution in [-0.4, -0.2) is 23.1 Å². The highest BCUT2D eigenvalue weighted by Gasteiger charge is 2.44. The fourth-order valence-corrected chi connectivity index (χ4v) is 1.86. The number of ketones is 2. The second-order valence-corrected chi connectivity index (χ2v) is 5.61. The molecule has 0 aromatic rings. The first-order valence-electron chi connectivity index (χ1n) is 5.70. The van der Waals surface area contributed by atoms with Crippen molar-refractivity contribution in [1.29, 1.82) is 0 Å². The van der Waals surface area contributed by atoms with Gasteiger partial charge in [0.15, 0.2) is 11.6 Å². The first-order valence-corrected chi connectivity index (χ1v) is 5.70. The zero-order chi connectivity index (χ0) is 14.3. The molecule has 4 nitrogen and oxygen atoms in total. The van der Waals surface area contributed by atoms with Gasteiger partial charge < -0.3 is 4.74 Å². The second-order valence-electron chi connectivity index (χ2n) is 5.61. The Kier molecular flexibility index (Phi) is 3.34. The van der Waals surface area contributed by atoms with Gasteiger partial charge in [-0.1, -0.05) is 6.58 Å². The summed E-state index contributed by atoms with van der Waals surface area (Å²) in [5.74, 6) is -1.57. The van der Waals surface area contributed by atoms with E-state index in [0.29, 0.717) is 5.57 Å². The van der Waals surface area contributed by atoms with E-state index in [4.69, 9.17) is 4.74 Å². The van der Waals surface area contributed by atoms with E-state index in [2.05, 4.69) is 6.58 Å². The molecule has 0 spiro atoms. The van der Waals surface area contributed by atoms with Crippen molar-refractivity contribution in [3.05, 3.63) is 23.8 Å². The van der Waals surface area contributed by atoms with Crippen molar-refractivity contribution in [2.45, 2.75) is 40.2 Å². The Bertz CT molecular complexity index is 478. The molecule has 4 heteroatoms. The summed E-state index contributed by atoms with van der Waals surface area (Å²) < 4.78 is 5.03. The first-order chi connectivity index (χ1) is 7.99. The summed E-state index contributed by atoms with van der Waals surface area (Å²) in [5, 5.41) is 0. The number of allylic oxidation sites excluding steroid dienone is 1. The van der Waals surface area contributed by atoms with E-state index in [1.165, 1.54) is 19.9 Å². The summed E-state index contributed by atoms with van der Waals surface area (Å²) in [6.45, 7) is 11.4. The van der Waals surface area contributed by atoms with Gasteiger partial charge in [-0.05, 0) is 46.3 Å². The Hall–Kier alpha value is -1.71. The van der Waals surface area contributed by atoms with Gasteiger partial charge in [-0.15, -0.1) is 0 Å². The molecule has 0 amide bonds. The largest absolute Gasteiger partial charge is 0.452 e. The lowest BCUT2D eigenvalue weighted by Crippen LogP contribution is -2.36. The lowest BCUT2D eigenvalue weighted by Gasteiger charge is -2.21. The number of rotatable bonds is 4. The molecule has 0 saturated heterocycles. The molecular weight excluding hydrogens is 233 g/mol. The maximum atomic E-state index is 12.3. The summed E-state index contributed by atoms with van der Waals surface area (Å²) in [6, 6.07) is 0. The Labute approximate surface area is 107 Å². The molecule has 0 fully saturated rings. The van der Waals surface area contributed by atoms with Crippen LogP contribution < -0.4 is 0 Å². The Balaban J connectivity index is 3.13. The molecule has 98 valence electrons. The van der Waals surface area contributed by atoms with E-state index in [1.807, 2.05) is 0 Å². The van der Waals surface area contributed by atoms with E-state index in [-0.39, 0.29) is 11.4 Å². The Morgan fingerprint density at radius 1 is 1.33 bits per heavy atom. The van der Waals surface area contributed by atoms with Gasteiger partial charge in [0.1, 0.15) is 11.2 Å². The molecule has 0 aromatic heterocycles. The number of hydrogen-bond donors (Lipinski definition) is 0. The van der Waals surface area contributed by atoms with Gasteiger partial charge in [0.2, 0.25) is 0 Å². The van der Waals surface area contributed by atoms with Crippen LogP contribution in [-0.2, 0) is 19.1 Å². The fraction of sp³-hybridized carbons (Fsp3) is 0.500. The number of hydrogen-bond acceptors (Lipinski definition) is 4. The van der Waals surface area contributed by atoms with Crippen molar-refractivity contribution in [2.24, 2.45) is 5.41 Å².